The standard InChI is InChI=1S/C12H19N3/c1-10-11(2)15(7-6-14-10)9-12-4-3-5-13-8-12/h3-5,8,10-11,14H,6-7,9H2,1-2H3. The number of hydrogen-bond donors (Lipinski definition) is 1. The summed E-state index contributed by atoms with van der Waals surface area (Å²) in [6.45, 7) is 7.76. The average molecular weight is 205 g/mol. The van der Waals surface area contributed by atoms with Crippen molar-refractivity contribution in [2.24, 2.45) is 0 Å². The molecule has 0 saturated carbocycles. The van der Waals surface area contributed by atoms with Crippen LogP contribution in [0.15, 0.2) is 24.5 Å². The van der Waals surface area contributed by atoms with Gasteiger partial charge in [-0.3, -0.25) is 9.88 Å². The van der Waals surface area contributed by atoms with E-state index in [1.807, 2.05) is 18.5 Å². The fraction of sp³-hybridized carbons (Fsp3) is 0.583. The molecule has 1 saturated heterocycles. The zero-order valence-electron chi connectivity index (χ0n) is 9.48. The van der Waals surface area contributed by atoms with Crippen LogP contribution in [0.3, 0.4) is 0 Å². The molecule has 1 aliphatic heterocycles. The number of pyridine rings is 1. The lowest BCUT2D eigenvalue weighted by atomic mass is 10.1. The second-order valence-corrected chi connectivity index (χ2v) is 4.32. The number of rotatable bonds is 2. The first kappa shape index (κ1) is 10.6. The Balaban J connectivity index is 1.99. The van der Waals surface area contributed by atoms with Crippen molar-refractivity contribution in [1.82, 2.24) is 15.2 Å². The Labute approximate surface area is 91.5 Å². The maximum atomic E-state index is 4.15. The lowest BCUT2D eigenvalue weighted by Gasteiger charge is -2.38. The van der Waals surface area contributed by atoms with Gasteiger partial charge in [-0.05, 0) is 25.5 Å². The largest absolute Gasteiger partial charge is 0.311 e. The van der Waals surface area contributed by atoms with Gasteiger partial charge >= 0.3 is 0 Å². The van der Waals surface area contributed by atoms with E-state index in [0.717, 1.165) is 19.6 Å². The first-order valence-electron chi connectivity index (χ1n) is 5.63. The third-order valence-corrected chi connectivity index (χ3v) is 3.27. The predicted molar refractivity (Wildman–Crippen MR) is 61.6 cm³/mol. The number of nitrogens with zero attached hydrogens (tertiary/aromatic N) is 2. The minimum Gasteiger partial charge on any atom is -0.311 e. The molecule has 2 rings (SSSR count). The van der Waals surface area contributed by atoms with Gasteiger partial charge in [0.15, 0.2) is 0 Å². The van der Waals surface area contributed by atoms with E-state index in [4.69, 9.17) is 0 Å². The molecular formula is C12H19N3. The molecule has 82 valence electrons. The summed E-state index contributed by atoms with van der Waals surface area (Å²) >= 11 is 0. The van der Waals surface area contributed by atoms with Crippen LogP contribution >= 0.6 is 0 Å². The van der Waals surface area contributed by atoms with E-state index in [-0.39, 0.29) is 0 Å². The Morgan fingerprint density at radius 2 is 2.40 bits per heavy atom. The molecule has 1 N–H and O–H groups in total. The van der Waals surface area contributed by atoms with Crippen LogP contribution in [0.25, 0.3) is 0 Å². The Kier molecular flexibility index (Phi) is 3.34. The second-order valence-electron chi connectivity index (χ2n) is 4.32. The predicted octanol–water partition coefficient (Wildman–Crippen LogP) is 1.26. The van der Waals surface area contributed by atoms with Crippen molar-refractivity contribution >= 4 is 0 Å². The molecule has 15 heavy (non-hydrogen) atoms. The van der Waals surface area contributed by atoms with Gasteiger partial charge in [-0.1, -0.05) is 6.07 Å². The van der Waals surface area contributed by atoms with Crippen molar-refractivity contribution in [3.05, 3.63) is 30.1 Å². The lowest BCUT2D eigenvalue weighted by molar-refractivity contribution is 0.130. The van der Waals surface area contributed by atoms with Gasteiger partial charge in [0.1, 0.15) is 0 Å². The fourth-order valence-corrected chi connectivity index (χ4v) is 2.08. The van der Waals surface area contributed by atoms with E-state index >= 15 is 0 Å². The molecule has 1 aliphatic rings. The van der Waals surface area contributed by atoms with Crippen LogP contribution in [0.4, 0.5) is 0 Å². The van der Waals surface area contributed by atoms with Gasteiger partial charge in [0, 0.05) is 44.1 Å². The molecule has 3 nitrogen and oxygen atoms in total. The van der Waals surface area contributed by atoms with Crippen LogP contribution in [-0.2, 0) is 6.54 Å². The summed E-state index contributed by atoms with van der Waals surface area (Å²) in [7, 11) is 0. The molecule has 1 fully saturated rings. The number of nitrogens with one attached hydrogen (secondary N) is 1. The highest BCUT2D eigenvalue weighted by atomic mass is 15.2. The van der Waals surface area contributed by atoms with Crippen LogP contribution in [0.2, 0.25) is 0 Å². The SMILES string of the molecule is CC1NCCN(Cc2cccnc2)C1C. The topological polar surface area (TPSA) is 28.2 Å². The van der Waals surface area contributed by atoms with Crippen LogP contribution < -0.4 is 5.32 Å². The average Bonchev–Trinajstić information content (AvgIpc) is 2.26. The van der Waals surface area contributed by atoms with Crippen molar-refractivity contribution < 1.29 is 0 Å². The zero-order valence-corrected chi connectivity index (χ0v) is 9.48. The molecule has 0 aromatic carbocycles. The van der Waals surface area contributed by atoms with E-state index in [9.17, 15) is 0 Å². The van der Waals surface area contributed by atoms with E-state index in [1.165, 1.54) is 5.56 Å². The van der Waals surface area contributed by atoms with Gasteiger partial charge in [0.2, 0.25) is 0 Å². The Bertz CT molecular complexity index is 299. The van der Waals surface area contributed by atoms with Crippen LogP contribution in [0, 0.1) is 0 Å². The van der Waals surface area contributed by atoms with E-state index in [0.29, 0.717) is 12.1 Å². The molecular weight excluding hydrogens is 186 g/mol. The van der Waals surface area contributed by atoms with E-state index in [2.05, 4.69) is 35.1 Å². The minimum absolute atomic E-state index is 0.579. The van der Waals surface area contributed by atoms with Crippen LogP contribution in [0.5, 0.6) is 0 Å². The van der Waals surface area contributed by atoms with Crippen molar-refractivity contribution in [2.45, 2.75) is 32.5 Å². The summed E-state index contributed by atoms with van der Waals surface area (Å²) in [5, 5.41) is 3.49. The highest BCUT2D eigenvalue weighted by Gasteiger charge is 2.23. The van der Waals surface area contributed by atoms with Gasteiger partial charge in [-0.2, -0.15) is 0 Å². The molecule has 2 heterocycles. The summed E-state index contributed by atoms with van der Waals surface area (Å²) in [4.78, 5) is 6.66. The maximum Gasteiger partial charge on any atom is 0.0312 e. The van der Waals surface area contributed by atoms with Crippen LogP contribution in [0.1, 0.15) is 19.4 Å². The minimum atomic E-state index is 0.579. The maximum absolute atomic E-state index is 4.15. The van der Waals surface area contributed by atoms with E-state index in [1.54, 1.807) is 0 Å². The summed E-state index contributed by atoms with van der Waals surface area (Å²) < 4.78 is 0. The molecule has 1 aromatic rings. The molecule has 2 unspecified atom stereocenters. The first-order valence-corrected chi connectivity index (χ1v) is 5.63. The molecule has 0 spiro atoms. The monoisotopic (exact) mass is 205 g/mol. The van der Waals surface area contributed by atoms with Crippen molar-refractivity contribution in [3.8, 4) is 0 Å². The third kappa shape index (κ3) is 2.55. The molecule has 1 aromatic heterocycles. The molecule has 0 radical (unpaired) electrons. The number of piperazine rings is 1. The van der Waals surface area contributed by atoms with Crippen LogP contribution in [-0.4, -0.2) is 35.1 Å². The Hall–Kier alpha value is -0.930. The highest BCUT2D eigenvalue weighted by Crippen LogP contribution is 2.12. The third-order valence-electron chi connectivity index (χ3n) is 3.27. The quantitative estimate of drug-likeness (QED) is 0.788. The molecule has 2 atom stereocenters. The number of hydrogen-bond acceptors (Lipinski definition) is 3. The molecule has 3 heteroatoms. The van der Waals surface area contributed by atoms with Gasteiger partial charge in [0.05, 0.1) is 0 Å². The van der Waals surface area contributed by atoms with Crippen molar-refractivity contribution in [3.63, 3.8) is 0 Å². The Morgan fingerprint density at radius 1 is 1.53 bits per heavy atom. The normalized spacial score (nSPS) is 27.9. The molecule has 0 bridgehead atoms. The zero-order chi connectivity index (χ0) is 10.7. The van der Waals surface area contributed by atoms with Gasteiger partial charge in [0.25, 0.3) is 0 Å². The highest BCUT2D eigenvalue weighted by molar-refractivity contribution is 5.08. The van der Waals surface area contributed by atoms with Gasteiger partial charge in [-0.15, -0.1) is 0 Å². The summed E-state index contributed by atoms with van der Waals surface area (Å²) in [5.41, 5.74) is 1.30. The van der Waals surface area contributed by atoms with Gasteiger partial charge in [-0.25, -0.2) is 0 Å². The summed E-state index contributed by atoms with van der Waals surface area (Å²) in [6.07, 6.45) is 3.78. The second kappa shape index (κ2) is 4.73. The lowest BCUT2D eigenvalue weighted by Crippen LogP contribution is -2.54. The van der Waals surface area contributed by atoms with Crippen molar-refractivity contribution in [1.29, 1.82) is 0 Å². The summed E-state index contributed by atoms with van der Waals surface area (Å²) in [5.74, 6) is 0. The first-order chi connectivity index (χ1) is 7.27. The fourth-order valence-electron chi connectivity index (χ4n) is 2.08. The summed E-state index contributed by atoms with van der Waals surface area (Å²) in [6, 6.07) is 5.33. The van der Waals surface area contributed by atoms with E-state index < -0.39 is 0 Å². The smallest absolute Gasteiger partial charge is 0.0312 e. The number of aromatic nitrogens is 1. The van der Waals surface area contributed by atoms with Gasteiger partial charge < -0.3 is 5.32 Å². The van der Waals surface area contributed by atoms with Crippen molar-refractivity contribution in [2.75, 3.05) is 13.1 Å². The molecule has 0 amide bonds. The Morgan fingerprint density at radius 3 is 3.13 bits per heavy atom. The molecule has 0 aliphatic carbocycles.